The van der Waals surface area contributed by atoms with Gasteiger partial charge in [0.1, 0.15) is 12.2 Å². The van der Waals surface area contributed by atoms with Crippen LogP contribution >= 0.6 is 0 Å². The lowest BCUT2D eigenvalue weighted by Crippen LogP contribution is -2.13. The highest BCUT2D eigenvalue weighted by Crippen LogP contribution is 2.35. The summed E-state index contributed by atoms with van der Waals surface area (Å²) in [5, 5.41) is 10.6. The number of carbonyl (C=O) groups is 1. The third-order valence-electron chi connectivity index (χ3n) is 2.12. The monoisotopic (exact) mass is 272 g/mol. The van der Waals surface area contributed by atoms with Crippen LogP contribution in [0.15, 0.2) is 18.2 Å². The van der Waals surface area contributed by atoms with Gasteiger partial charge < -0.3 is 10.1 Å². The first-order chi connectivity index (χ1) is 8.88. The minimum Gasteiger partial charge on any atom is -0.492 e. The van der Waals surface area contributed by atoms with Crippen molar-refractivity contribution in [1.82, 2.24) is 0 Å². The van der Waals surface area contributed by atoms with E-state index in [4.69, 9.17) is 10.00 Å². The van der Waals surface area contributed by atoms with Crippen LogP contribution in [0.3, 0.4) is 0 Å². The van der Waals surface area contributed by atoms with Crippen LogP contribution in [0, 0.1) is 11.3 Å². The van der Waals surface area contributed by atoms with E-state index in [1.807, 2.05) is 0 Å². The molecule has 0 bridgehead atoms. The molecule has 1 rings (SSSR count). The highest BCUT2D eigenvalue weighted by molar-refractivity contribution is 5.93. The minimum absolute atomic E-state index is 0.100. The lowest BCUT2D eigenvalue weighted by Gasteiger charge is -2.14. The normalized spacial score (nSPS) is 10.7. The van der Waals surface area contributed by atoms with Gasteiger partial charge >= 0.3 is 6.18 Å². The maximum Gasteiger partial charge on any atom is 0.416 e. The topological polar surface area (TPSA) is 62.1 Å². The molecule has 102 valence electrons. The number of amides is 1. The number of rotatable bonds is 4. The number of alkyl halides is 3. The number of benzene rings is 1. The molecule has 0 heterocycles. The molecule has 1 aromatic carbocycles. The molecule has 0 spiro atoms. The van der Waals surface area contributed by atoms with Crippen LogP contribution < -0.4 is 10.1 Å². The van der Waals surface area contributed by atoms with E-state index in [-0.39, 0.29) is 18.0 Å². The summed E-state index contributed by atoms with van der Waals surface area (Å²) in [5.74, 6) is -0.565. The molecule has 0 aromatic heterocycles. The van der Waals surface area contributed by atoms with E-state index < -0.39 is 24.1 Å². The second-order valence-corrected chi connectivity index (χ2v) is 3.52. The van der Waals surface area contributed by atoms with Gasteiger partial charge in [0.15, 0.2) is 0 Å². The van der Waals surface area contributed by atoms with E-state index in [9.17, 15) is 18.0 Å². The van der Waals surface area contributed by atoms with Crippen LogP contribution in [0.1, 0.15) is 18.9 Å². The summed E-state index contributed by atoms with van der Waals surface area (Å²) in [6, 6.07) is 4.39. The molecule has 0 saturated heterocycles. The minimum atomic E-state index is -4.51. The van der Waals surface area contributed by atoms with Crippen LogP contribution in [0.4, 0.5) is 18.9 Å². The van der Waals surface area contributed by atoms with Crippen LogP contribution in [-0.4, -0.2) is 12.5 Å². The number of ether oxygens (including phenoxy) is 1. The molecular weight excluding hydrogens is 261 g/mol. The summed E-state index contributed by atoms with van der Waals surface area (Å²) in [5.41, 5.74) is -1.000. The van der Waals surface area contributed by atoms with Gasteiger partial charge in [-0.1, -0.05) is 0 Å². The third-order valence-corrected chi connectivity index (χ3v) is 2.12. The Hall–Kier alpha value is -2.23. The van der Waals surface area contributed by atoms with Crippen LogP contribution in [0.25, 0.3) is 0 Å². The number of hydrogen-bond acceptors (Lipinski definition) is 3. The van der Waals surface area contributed by atoms with E-state index in [0.717, 1.165) is 18.2 Å². The lowest BCUT2D eigenvalue weighted by molar-refractivity contribution is -0.137. The van der Waals surface area contributed by atoms with E-state index in [0.29, 0.717) is 0 Å². The Kier molecular flexibility index (Phi) is 4.75. The molecule has 7 heteroatoms. The highest BCUT2D eigenvalue weighted by Gasteiger charge is 2.31. The Bertz CT molecular complexity index is 507. The number of carbonyl (C=O) groups excluding carboxylic acids is 1. The van der Waals surface area contributed by atoms with Crippen molar-refractivity contribution in [3.05, 3.63) is 23.8 Å². The molecule has 0 aliphatic carbocycles. The molecule has 1 N–H and O–H groups in total. The van der Waals surface area contributed by atoms with Gasteiger partial charge in [-0.2, -0.15) is 18.4 Å². The van der Waals surface area contributed by atoms with Crippen molar-refractivity contribution in [3.8, 4) is 11.8 Å². The average Bonchev–Trinajstić information content (AvgIpc) is 2.30. The fourth-order valence-corrected chi connectivity index (χ4v) is 1.35. The van der Waals surface area contributed by atoms with Crippen LogP contribution in [0.5, 0.6) is 5.75 Å². The third kappa shape index (κ3) is 4.17. The molecule has 0 fully saturated rings. The van der Waals surface area contributed by atoms with Gasteiger partial charge in [-0.05, 0) is 25.1 Å². The standard InChI is InChI=1S/C12H11F3N2O2/c1-2-19-10-4-3-8(12(13,14)15)7-9(10)17-11(18)5-6-16/h3-4,7H,2,5H2,1H3,(H,17,18). The fourth-order valence-electron chi connectivity index (χ4n) is 1.35. The molecule has 0 aliphatic rings. The molecular formula is C12H11F3N2O2. The van der Waals surface area contributed by atoms with Crippen molar-refractivity contribution < 1.29 is 22.7 Å². The van der Waals surface area contributed by atoms with Gasteiger partial charge in [-0.15, -0.1) is 0 Å². The van der Waals surface area contributed by atoms with E-state index in [2.05, 4.69) is 5.32 Å². The molecule has 0 saturated carbocycles. The highest BCUT2D eigenvalue weighted by atomic mass is 19.4. The van der Waals surface area contributed by atoms with Gasteiger partial charge in [0, 0.05) is 0 Å². The zero-order valence-electron chi connectivity index (χ0n) is 10.0. The molecule has 4 nitrogen and oxygen atoms in total. The number of nitriles is 1. The van der Waals surface area contributed by atoms with Crippen molar-refractivity contribution in [2.75, 3.05) is 11.9 Å². The van der Waals surface area contributed by atoms with Crippen molar-refractivity contribution >= 4 is 11.6 Å². The molecule has 19 heavy (non-hydrogen) atoms. The first-order valence-electron chi connectivity index (χ1n) is 5.39. The number of halogens is 3. The number of hydrogen-bond donors (Lipinski definition) is 1. The number of anilines is 1. The van der Waals surface area contributed by atoms with Gasteiger partial charge in [-0.3, -0.25) is 4.79 Å². The van der Waals surface area contributed by atoms with Crippen molar-refractivity contribution in [1.29, 1.82) is 5.26 Å². The molecule has 0 aliphatic heterocycles. The van der Waals surface area contributed by atoms with E-state index in [1.165, 1.54) is 0 Å². The predicted molar refractivity (Wildman–Crippen MR) is 61.5 cm³/mol. The molecule has 0 atom stereocenters. The smallest absolute Gasteiger partial charge is 0.416 e. The fraction of sp³-hybridized carbons (Fsp3) is 0.333. The summed E-state index contributed by atoms with van der Waals surface area (Å²) in [7, 11) is 0. The van der Waals surface area contributed by atoms with Gasteiger partial charge in [0.25, 0.3) is 0 Å². The molecule has 1 aromatic rings. The second-order valence-electron chi connectivity index (χ2n) is 3.52. The summed E-state index contributed by atoms with van der Waals surface area (Å²) >= 11 is 0. The van der Waals surface area contributed by atoms with E-state index >= 15 is 0 Å². The molecule has 0 radical (unpaired) electrons. The Morgan fingerprint density at radius 3 is 2.68 bits per heavy atom. The zero-order chi connectivity index (χ0) is 14.5. The number of nitrogens with zero attached hydrogens (tertiary/aromatic N) is 1. The average molecular weight is 272 g/mol. The Labute approximate surface area is 107 Å². The van der Waals surface area contributed by atoms with Crippen LogP contribution in [0.2, 0.25) is 0 Å². The van der Waals surface area contributed by atoms with Gasteiger partial charge in [-0.25, -0.2) is 0 Å². The van der Waals surface area contributed by atoms with Crippen molar-refractivity contribution in [2.24, 2.45) is 0 Å². The molecule has 0 unspecified atom stereocenters. The Morgan fingerprint density at radius 1 is 1.47 bits per heavy atom. The lowest BCUT2D eigenvalue weighted by atomic mass is 10.1. The first kappa shape index (κ1) is 14.8. The summed E-state index contributed by atoms with van der Waals surface area (Å²) in [6.07, 6.45) is -4.96. The summed E-state index contributed by atoms with van der Waals surface area (Å²) in [4.78, 5) is 11.3. The van der Waals surface area contributed by atoms with Crippen LogP contribution in [-0.2, 0) is 11.0 Å². The zero-order valence-corrected chi connectivity index (χ0v) is 10.0. The quantitative estimate of drug-likeness (QED) is 0.916. The van der Waals surface area contributed by atoms with Crippen molar-refractivity contribution in [2.45, 2.75) is 19.5 Å². The maximum atomic E-state index is 12.6. The summed E-state index contributed by atoms with van der Waals surface area (Å²) in [6.45, 7) is 1.91. The first-order valence-corrected chi connectivity index (χ1v) is 5.39. The Balaban J connectivity index is 3.09. The Morgan fingerprint density at radius 2 is 2.16 bits per heavy atom. The SMILES string of the molecule is CCOc1ccc(C(F)(F)F)cc1NC(=O)CC#N. The second kappa shape index (κ2) is 6.09. The predicted octanol–water partition coefficient (Wildman–Crippen LogP) is 2.96. The van der Waals surface area contributed by atoms with Crippen molar-refractivity contribution in [3.63, 3.8) is 0 Å². The maximum absolute atomic E-state index is 12.6. The van der Waals surface area contributed by atoms with Gasteiger partial charge in [0.2, 0.25) is 5.91 Å². The summed E-state index contributed by atoms with van der Waals surface area (Å²) < 4.78 is 42.8. The van der Waals surface area contributed by atoms with E-state index in [1.54, 1.807) is 13.0 Å². The largest absolute Gasteiger partial charge is 0.492 e. The number of nitrogens with one attached hydrogen (secondary N) is 1. The van der Waals surface area contributed by atoms with Gasteiger partial charge in [0.05, 0.1) is 23.9 Å². The molecule has 1 amide bonds.